The molecule has 1 unspecified atom stereocenters. The summed E-state index contributed by atoms with van der Waals surface area (Å²) in [5.74, 6) is 0.516. The van der Waals surface area contributed by atoms with E-state index in [-0.39, 0.29) is 12.2 Å². The molecule has 1 heterocycles. The second kappa shape index (κ2) is 7.45. The largest absolute Gasteiger partial charge is 0.353 e. The molecule has 0 aromatic carbocycles. The van der Waals surface area contributed by atoms with Gasteiger partial charge in [0.2, 0.25) is 5.91 Å². The van der Waals surface area contributed by atoms with Crippen molar-refractivity contribution in [3.63, 3.8) is 0 Å². The first-order valence-corrected chi connectivity index (χ1v) is 6.34. The Hall–Kier alpha value is -0.870. The molecule has 0 saturated carbocycles. The maximum absolute atomic E-state index is 11.7. The molecule has 0 aromatic heterocycles. The van der Waals surface area contributed by atoms with E-state index in [0.717, 1.165) is 13.0 Å². The van der Waals surface area contributed by atoms with Crippen LogP contribution < -0.4 is 0 Å². The molecule has 1 aliphatic heterocycles. The maximum atomic E-state index is 11.7. The van der Waals surface area contributed by atoms with Crippen LogP contribution in [0.5, 0.6) is 0 Å². The Morgan fingerprint density at radius 1 is 1.47 bits per heavy atom. The van der Waals surface area contributed by atoms with E-state index in [0.29, 0.717) is 32.1 Å². The molecule has 1 rings (SSSR count). The predicted octanol–water partition coefficient (Wildman–Crippen LogP) is 1.81. The maximum Gasteiger partial charge on any atom is 0.223 e. The topological polar surface area (TPSA) is 38.8 Å². The quantitative estimate of drug-likeness (QED) is 0.480. The second-order valence-electron chi connectivity index (χ2n) is 4.17. The Kier molecular flexibility index (Phi) is 6.22. The lowest BCUT2D eigenvalue weighted by Gasteiger charge is -2.21. The summed E-state index contributed by atoms with van der Waals surface area (Å²) < 4.78 is 10.9. The zero-order valence-electron chi connectivity index (χ0n) is 10.9. The molecule has 4 heteroatoms. The first kappa shape index (κ1) is 14.2. The fourth-order valence-corrected chi connectivity index (χ4v) is 2.02. The van der Waals surface area contributed by atoms with Crippen LogP contribution in [0.25, 0.3) is 0 Å². The number of rotatable bonds is 8. The van der Waals surface area contributed by atoms with E-state index < -0.39 is 0 Å². The van der Waals surface area contributed by atoms with Gasteiger partial charge in [0, 0.05) is 45.1 Å². The van der Waals surface area contributed by atoms with Crippen LogP contribution in [0.15, 0.2) is 12.7 Å². The van der Waals surface area contributed by atoms with Crippen LogP contribution in [-0.2, 0) is 14.3 Å². The van der Waals surface area contributed by atoms with Crippen LogP contribution in [0.2, 0.25) is 0 Å². The van der Waals surface area contributed by atoms with Crippen molar-refractivity contribution >= 4 is 5.91 Å². The third kappa shape index (κ3) is 4.48. The van der Waals surface area contributed by atoms with Gasteiger partial charge in [-0.05, 0) is 13.8 Å². The predicted molar refractivity (Wildman–Crippen MR) is 66.5 cm³/mol. The van der Waals surface area contributed by atoms with E-state index in [2.05, 4.69) is 6.58 Å². The molecule has 0 aliphatic carbocycles. The van der Waals surface area contributed by atoms with Gasteiger partial charge in [-0.2, -0.15) is 0 Å². The summed E-state index contributed by atoms with van der Waals surface area (Å²) in [5.41, 5.74) is 0. The number of amides is 1. The molecule has 1 atom stereocenters. The molecule has 0 N–H and O–H groups in total. The normalized spacial score (nSPS) is 20.3. The summed E-state index contributed by atoms with van der Waals surface area (Å²) in [5, 5.41) is 0. The highest BCUT2D eigenvalue weighted by Gasteiger charge is 2.27. The number of carbonyl (C=O) groups excluding carboxylic acids is 1. The zero-order chi connectivity index (χ0) is 12.7. The highest BCUT2D eigenvalue weighted by atomic mass is 16.7. The minimum Gasteiger partial charge on any atom is -0.353 e. The summed E-state index contributed by atoms with van der Waals surface area (Å²) in [6.07, 6.45) is 3.00. The molecule has 98 valence electrons. The Morgan fingerprint density at radius 2 is 2.12 bits per heavy atom. The number of hydrogen-bond acceptors (Lipinski definition) is 3. The van der Waals surface area contributed by atoms with Crippen molar-refractivity contribution in [1.82, 2.24) is 4.90 Å². The van der Waals surface area contributed by atoms with E-state index in [1.807, 2.05) is 24.8 Å². The highest BCUT2D eigenvalue weighted by molar-refractivity contribution is 5.78. The average molecular weight is 241 g/mol. The third-order valence-electron chi connectivity index (χ3n) is 2.92. The van der Waals surface area contributed by atoms with Crippen LogP contribution in [0.1, 0.15) is 26.7 Å². The molecular formula is C13H23NO3. The Balaban J connectivity index is 2.33. The van der Waals surface area contributed by atoms with Crippen molar-refractivity contribution in [2.45, 2.75) is 33.0 Å². The smallest absolute Gasteiger partial charge is 0.223 e. The lowest BCUT2D eigenvalue weighted by atomic mass is 10.1. The van der Waals surface area contributed by atoms with Gasteiger partial charge in [0.05, 0.1) is 0 Å². The van der Waals surface area contributed by atoms with Crippen molar-refractivity contribution in [3.8, 4) is 0 Å². The molecule has 17 heavy (non-hydrogen) atoms. The van der Waals surface area contributed by atoms with Crippen LogP contribution in [-0.4, -0.2) is 43.4 Å². The van der Waals surface area contributed by atoms with Gasteiger partial charge >= 0.3 is 0 Å². The van der Waals surface area contributed by atoms with Gasteiger partial charge < -0.3 is 14.4 Å². The highest BCUT2D eigenvalue weighted by Crippen LogP contribution is 2.19. The van der Waals surface area contributed by atoms with Gasteiger partial charge in [0.25, 0.3) is 0 Å². The third-order valence-corrected chi connectivity index (χ3v) is 2.92. The molecule has 0 bridgehead atoms. The van der Waals surface area contributed by atoms with Gasteiger partial charge in [-0.25, -0.2) is 0 Å². The van der Waals surface area contributed by atoms with Crippen molar-refractivity contribution in [2.24, 2.45) is 5.92 Å². The van der Waals surface area contributed by atoms with Crippen molar-refractivity contribution < 1.29 is 14.3 Å². The lowest BCUT2D eigenvalue weighted by Crippen LogP contribution is -2.30. The summed E-state index contributed by atoms with van der Waals surface area (Å²) >= 11 is 0. The van der Waals surface area contributed by atoms with E-state index in [9.17, 15) is 4.79 Å². The number of likely N-dealkylation sites (tertiary alicyclic amines) is 1. The average Bonchev–Trinajstić information content (AvgIpc) is 2.68. The van der Waals surface area contributed by atoms with Gasteiger partial charge in [0.15, 0.2) is 6.29 Å². The zero-order valence-corrected chi connectivity index (χ0v) is 10.9. The molecule has 0 radical (unpaired) electrons. The second-order valence-corrected chi connectivity index (χ2v) is 4.17. The van der Waals surface area contributed by atoms with Crippen LogP contribution in [0.4, 0.5) is 0 Å². The fourth-order valence-electron chi connectivity index (χ4n) is 2.02. The standard InChI is InChI=1S/C13H23NO3/c1-4-11-9-12(15)14(10-11)8-7-13(16-5-2)17-6-3/h4,11,13H,1,5-10H2,2-3H3. The summed E-state index contributed by atoms with van der Waals surface area (Å²) in [7, 11) is 0. The minimum atomic E-state index is -0.194. The van der Waals surface area contributed by atoms with E-state index in [1.54, 1.807) is 0 Å². The lowest BCUT2D eigenvalue weighted by molar-refractivity contribution is -0.144. The monoisotopic (exact) mass is 241 g/mol. The Bertz CT molecular complexity index is 249. The van der Waals surface area contributed by atoms with Crippen molar-refractivity contribution in [1.29, 1.82) is 0 Å². The SMILES string of the molecule is C=CC1CC(=O)N(CCC(OCC)OCC)C1. The van der Waals surface area contributed by atoms with Gasteiger partial charge in [0.1, 0.15) is 0 Å². The van der Waals surface area contributed by atoms with Crippen molar-refractivity contribution in [2.75, 3.05) is 26.3 Å². The number of carbonyl (C=O) groups is 1. The molecule has 4 nitrogen and oxygen atoms in total. The molecule has 1 fully saturated rings. The van der Waals surface area contributed by atoms with E-state index in [4.69, 9.17) is 9.47 Å². The number of nitrogens with zero attached hydrogens (tertiary/aromatic N) is 1. The molecule has 1 aliphatic rings. The molecule has 0 aromatic rings. The summed E-state index contributed by atoms with van der Waals surface area (Å²) in [4.78, 5) is 13.5. The van der Waals surface area contributed by atoms with E-state index >= 15 is 0 Å². The fraction of sp³-hybridized carbons (Fsp3) is 0.769. The summed E-state index contributed by atoms with van der Waals surface area (Å²) in [6.45, 7) is 10.4. The van der Waals surface area contributed by atoms with Gasteiger partial charge in [-0.15, -0.1) is 6.58 Å². The first-order valence-electron chi connectivity index (χ1n) is 6.34. The Morgan fingerprint density at radius 3 is 2.59 bits per heavy atom. The number of hydrogen-bond donors (Lipinski definition) is 0. The van der Waals surface area contributed by atoms with Crippen LogP contribution >= 0.6 is 0 Å². The van der Waals surface area contributed by atoms with Gasteiger partial charge in [-0.1, -0.05) is 6.08 Å². The van der Waals surface area contributed by atoms with Crippen LogP contribution in [0, 0.1) is 5.92 Å². The first-order chi connectivity index (χ1) is 8.21. The number of ether oxygens (including phenoxy) is 2. The molecular weight excluding hydrogens is 218 g/mol. The van der Waals surface area contributed by atoms with Crippen LogP contribution in [0.3, 0.4) is 0 Å². The molecule has 0 spiro atoms. The molecule has 1 amide bonds. The minimum absolute atomic E-state index is 0.194. The van der Waals surface area contributed by atoms with Crippen molar-refractivity contribution in [3.05, 3.63) is 12.7 Å². The molecule has 1 saturated heterocycles. The summed E-state index contributed by atoms with van der Waals surface area (Å²) in [6, 6.07) is 0. The van der Waals surface area contributed by atoms with Gasteiger partial charge in [-0.3, -0.25) is 4.79 Å². The Labute approximate surface area is 104 Å². The van der Waals surface area contributed by atoms with E-state index in [1.165, 1.54) is 0 Å².